The molecule has 0 amide bonds. The molecule has 128 valence electrons. The highest BCUT2D eigenvalue weighted by Gasteiger charge is 2.21. The van der Waals surface area contributed by atoms with E-state index in [2.05, 4.69) is 24.1 Å². The van der Waals surface area contributed by atoms with Gasteiger partial charge in [0, 0.05) is 24.2 Å². The van der Waals surface area contributed by atoms with Crippen molar-refractivity contribution in [3.05, 3.63) is 34.2 Å². The molecule has 1 aliphatic rings. The normalized spacial score (nSPS) is 13.7. The van der Waals surface area contributed by atoms with Gasteiger partial charge >= 0.3 is 5.69 Å². The average Bonchev–Trinajstić information content (AvgIpc) is 2.60. The Bertz CT molecular complexity index is 814. The number of anilines is 1. The standard InChI is InChI=1S/C18H23N3O3/c1-5-11(2)19-17-10-14-13-9-16(24-4)15(23-3)8-12(13)6-7-21(14)18(22)20-17/h8-11H,5-7H2,1-4H3,(H,19,20,22). The molecular weight excluding hydrogens is 306 g/mol. The molecule has 0 radical (unpaired) electrons. The predicted molar refractivity (Wildman–Crippen MR) is 94.1 cm³/mol. The van der Waals surface area contributed by atoms with Gasteiger partial charge in [-0.05, 0) is 37.5 Å². The first-order valence-corrected chi connectivity index (χ1v) is 8.21. The van der Waals surface area contributed by atoms with Gasteiger partial charge in [-0.2, -0.15) is 4.98 Å². The first-order chi connectivity index (χ1) is 11.6. The number of aromatic nitrogens is 2. The van der Waals surface area contributed by atoms with Crippen LogP contribution in [0.25, 0.3) is 11.3 Å². The Kier molecular flexibility index (Phi) is 4.46. The summed E-state index contributed by atoms with van der Waals surface area (Å²) in [5.41, 5.74) is 2.78. The fraction of sp³-hybridized carbons (Fsp3) is 0.444. The topological polar surface area (TPSA) is 65.4 Å². The molecule has 0 spiro atoms. The van der Waals surface area contributed by atoms with Crippen LogP contribution in [0.2, 0.25) is 0 Å². The van der Waals surface area contributed by atoms with Gasteiger partial charge in [0.05, 0.1) is 19.9 Å². The van der Waals surface area contributed by atoms with Crippen LogP contribution < -0.4 is 20.5 Å². The Hall–Kier alpha value is -2.50. The van der Waals surface area contributed by atoms with Crippen LogP contribution in [0.5, 0.6) is 11.5 Å². The lowest BCUT2D eigenvalue weighted by atomic mass is 9.97. The molecule has 2 aromatic rings. The second-order valence-corrected chi connectivity index (χ2v) is 6.03. The van der Waals surface area contributed by atoms with Crippen LogP contribution in [0.1, 0.15) is 25.8 Å². The van der Waals surface area contributed by atoms with E-state index in [-0.39, 0.29) is 11.7 Å². The summed E-state index contributed by atoms with van der Waals surface area (Å²) in [7, 11) is 3.24. The average molecular weight is 329 g/mol. The van der Waals surface area contributed by atoms with Gasteiger partial charge in [0.15, 0.2) is 11.5 Å². The van der Waals surface area contributed by atoms with Crippen molar-refractivity contribution in [2.45, 2.75) is 39.3 Å². The molecule has 24 heavy (non-hydrogen) atoms. The zero-order valence-electron chi connectivity index (χ0n) is 14.5. The molecule has 1 N–H and O–H groups in total. The number of hydrogen-bond donors (Lipinski definition) is 1. The number of ether oxygens (including phenoxy) is 2. The van der Waals surface area contributed by atoms with Crippen molar-refractivity contribution in [3.8, 4) is 22.8 Å². The van der Waals surface area contributed by atoms with E-state index in [0.29, 0.717) is 23.9 Å². The van der Waals surface area contributed by atoms with Crippen LogP contribution in [0, 0.1) is 0 Å². The molecule has 1 aliphatic heterocycles. The molecule has 6 heteroatoms. The molecule has 0 fully saturated rings. The van der Waals surface area contributed by atoms with Crippen LogP contribution in [-0.2, 0) is 13.0 Å². The number of hydrogen-bond acceptors (Lipinski definition) is 5. The lowest BCUT2D eigenvalue weighted by Crippen LogP contribution is -2.30. The minimum Gasteiger partial charge on any atom is -0.493 e. The second kappa shape index (κ2) is 6.55. The van der Waals surface area contributed by atoms with Crippen LogP contribution in [0.3, 0.4) is 0 Å². The number of benzene rings is 1. The van der Waals surface area contributed by atoms with Crippen molar-refractivity contribution < 1.29 is 9.47 Å². The lowest BCUT2D eigenvalue weighted by molar-refractivity contribution is 0.354. The largest absolute Gasteiger partial charge is 0.493 e. The van der Waals surface area contributed by atoms with Crippen molar-refractivity contribution >= 4 is 5.82 Å². The molecule has 1 atom stereocenters. The van der Waals surface area contributed by atoms with Gasteiger partial charge in [-0.1, -0.05) is 6.92 Å². The van der Waals surface area contributed by atoms with Gasteiger partial charge in [-0.3, -0.25) is 4.57 Å². The Morgan fingerprint density at radius 3 is 2.62 bits per heavy atom. The molecule has 1 unspecified atom stereocenters. The third-order valence-electron chi connectivity index (χ3n) is 4.51. The number of nitrogens with one attached hydrogen (secondary N) is 1. The number of rotatable bonds is 5. The summed E-state index contributed by atoms with van der Waals surface area (Å²) in [4.78, 5) is 16.6. The summed E-state index contributed by atoms with van der Waals surface area (Å²) in [6.07, 6.45) is 1.73. The lowest BCUT2D eigenvalue weighted by Gasteiger charge is -2.24. The summed E-state index contributed by atoms with van der Waals surface area (Å²) in [6.45, 7) is 4.78. The minimum absolute atomic E-state index is 0.223. The Balaban J connectivity index is 2.14. The number of aryl methyl sites for hydroxylation is 1. The quantitative estimate of drug-likeness (QED) is 0.913. The maximum Gasteiger partial charge on any atom is 0.349 e. The molecule has 0 saturated carbocycles. The molecule has 1 aromatic heterocycles. The third kappa shape index (κ3) is 2.84. The summed E-state index contributed by atoms with van der Waals surface area (Å²) in [5, 5.41) is 3.28. The molecular formula is C18H23N3O3. The van der Waals surface area contributed by atoms with Crippen molar-refractivity contribution in [2.75, 3.05) is 19.5 Å². The van der Waals surface area contributed by atoms with Crippen LogP contribution in [0.4, 0.5) is 5.82 Å². The van der Waals surface area contributed by atoms with E-state index in [1.165, 1.54) is 0 Å². The van der Waals surface area contributed by atoms with Gasteiger partial charge in [-0.25, -0.2) is 4.79 Å². The molecule has 0 bridgehead atoms. The number of nitrogens with zero attached hydrogens (tertiary/aromatic N) is 2. The maximum atomic E-state index is 12.4. The molecule has 2 heterocycles. The van der Waals surface area contributed by atoms with E-state index in [1.54, 1.807) is 18.8 Å². The fourth-order valence-electron chi connectivity index (χ4n) is 2.97. The van der Waals surface area contributed by atoms with Crippen molar-refractivity contribution in [3.63, 3.8) is 0 Å². The van der Waals surface area contributed by atoms with Gasteiger partial charge < -0.3 is 14.8 Å². The van der Waals surface area contributed by atoms with Crippen molar-refractivity contribution in [1.29, 1.82) is 0 Å². The first-order valence-electron chi connectivity index (χ1n) is 8.21. The van der Waals surface area contributed by atoms with E-state index in [4.69, 9.17) is 9.47 Å². The highest BCUT2D eigenvalue weighted by Crippen LogP contribution is 2.38. The highest BCUT2D eigenvalue weighted by atomic mass is 16.5. The SMILES string of the molecule is CCC(C)Nc1cc2n(c(=O)n1)CCc1cc(OC)c(OC)cc1-2. The zero-order chi connectivity index (χ0) is 17.3. The van der Waals surface area contributed by atoms with Crippen molar-refractivity contribution in [1.82, 2.24) is 9.55 Å². The van der Waals surface area contributed by atoms with Crippen LogP contribution in [-0.4, -0.2) is 29.8 Å². The smallest absolute Gasteiger partial charge is 0.349 e. The van der Waals surface area contributed by atoms with Crippen molar-refractivity contribution in [2.24, 2.45) is 0 Å². The summed E-state index contributed by atoms with van der Waals surface area (Å²) in [5.74, 6) is 1.98. The predicted octanol–water partition coefficient (Wildman–Crippen LogP) is 2.69. The highest BCUT2D eigenvalue weighted by molar-refractivity contribution is 5.71. The van der Waals surface area contributed by atoms with E-state index in [9.17, 15) is 4.79 Å². The number of methoxy groups -OCH3 is 2. The first kappa shape index (κ1) is 16.4. The molecule has 1 aromatic carbocycles. The second-order valence-electron chi connectivity index (χ2n) is 6.03. The van der Waals surface area contributed by atoms with Crippen LogP contribution >= 0.6 is 0 Å². The molecule has 3 rings (SSSR count). The van der Waals surface area contributed by atoms with E-state index in [1.807, 2.05) is 18.2 Å². The maximum absolute atomic E-state index is 12.4. The minimum atomic E-state index is -0.223. The van der Waals surface area contributed by atoms with E-state index < -0.39 is 0 Å². The monoisotopic (exact) mass is 329 g/mol. The van der Waals surface area contributed by atoms with Gasteiger partial charge in [-0.15, -0.1) is 0 Å². The Morgan fingerprint density at radius 2 is 1.96 bits per heavy atom. The Labute approximate surface area is 141 Å². The third-order valence-corrected chi connectivity index (χ3v) is 4.51. The van der Waals surface area contributed by atoms with Gasteiger partial charge in [0.2, 0.25) is 0 Å². The van der Waals surface area contributed by atoms with Gasteiger partial charge in [0.25, 0.3) is 0 Å². The van der Waals surface area contributed by atoms with E-state index >= 15 is 0 Å². The summed E-state index contributed by atoms with van der Waals surface area (Å²) < 4.78 is 12.5. The Morgan fingerprint density at radius 1 is 1.25 bits per heavy atom. The van der Waals surface area contributed by atoms with Crippen LogP contribution in [0.15, 0.2) is 23.0 Å². The van der Waals surface area contributed by atoms with E-state index in [0.717, 1.165) is 29.7 Å². The van der Waals surface area contributed by atoms with Gasteiger partial charge in [0.1, 0.15) is 5.82 Å². The zero-order valence-corrected chi connectivity index (χ0v) is 14.5. The molecule has 0 aliphatic carbocycles. The number of fused-ring (bicyclic) bond motifs is 3. The summed E-state index contributed by atoms with van der Waals surface area (Å²) in [6, 6.07) is 6.13. The summed E-state index contributed by atoms with van der Waals surface area (Å²) >= 11 is 0. The molecule has 0 saturated heterocycles. The fourth-order valence-corrected chi connectivity index (χ4v) is 2.97. The molecule has 6 nitrogen and oxygen atoms in total.